The SMILES string of the molecule is CCCn1ccn(CC(=O)c2ccc(OC)cc2)c1=O. The van der Waals surface area contributed by atoms with Crippen molar-refractivity contribution in [1.82, 2.24) is 9.13 Å². The van der Waals surface area contributed by atoms with Crippen LogP contribution in [0.5, 0.6) is 5.75 Å². The molecule has 0 saturated heterocycles. The molecule has 0 spiro atoms. The quantitative estimate of drug-likeness (QED) is 0.757. The van der Waals surface area contributed by atoms with Crippen LogP contribution in [0, 0.1) is 0 Å². The van der Waals surface area contributed by atoms with Crippen LogP contribution in [0.25, 0.3) is 0 Å². The number of hydrogen-bond acceptors (Lipinski definition) is 3. The second-order valence-electron chi connectivity index (χ2n) is 4.55. The van der Waals surface area contributed by atoms with E-state index in [-0.39, 0.29) is 18.0 Å². The van der Waals surface area contributed by atoms with Crippen LogP contribution in [0.4, 0.5) is 0 Å². The number of carbonyl (C=O) groups is 1. The van der Waals surface area contributed by atoms with E-state index < -0.39 is 0 Å². The van der Waals surface area contributed by atoms with Crippen molar-refractivity contribution in [3.63, 3.8) is 0 Å². The van der Waals surface area contributed by atoms with Crippen LogP contribution in [0.1, 0.15) is 23.7 Å². The predicted molar refractivity (Wildman–Crippen MR) is 76.3 cm³/mol. The van der Waals surface area contributed by atoms with Crippen molar-refractivity contribution >= 4 is 5.78 Å². The molecule has 0 atom stereocenters. The third kappa shape index (κ3) is 2.99. The molecule has 0 fully saturated rings. The zero-order valence-electron chi connectivity index (χ0n) is 11.7. The molecule has 0 unspecified atom stereocenters. The molecule has 0 radical (unpaired) electrons. The molecule has 1 heterocycles. The summed E-state index contributed by atoms with van der Waals surface area (Å²) in [5.41, 5.74) is 0.426. The molecule has 2 rings (SSSR count). The van der Waals surface area contributed by atoms with E-state index in [0.717, 1.165) is 6.42 Å². The minimum Gasteiger partial charge on any atom is -0.497 e. The maximum Gasteiger partial charge on any atom is 0.328 e. The molecule has 0 bridgehead atoms. The smallest absolute Gasteiger partial charge is 0.328 e. The number of aryl methyl sites for hydroxylation is 1. The molecule has 0 aliphatic rings. The van der Waals surface area contributed by atoms with Gasteiger partial charge < -0.3 is 4.74 Å². The Morgan fingerprint density at radius 2 is 1.80 bits per heavy atom. The van der Waals surface area contributed by atoms with Gasteiger partial charge in [0.15, 0.2) is 5.78 Å². The van der Waals surface area contributed by atoms with Gasteiger partial charge in [-0.25, -0.2) is 4.79 Å². The van der Waals surface area contributed by atoms with Gasteiger partial charge in [-0.2, -0.15) is 0 Å². The summed E-state index contributed by atoms with van der Waals surface area (Å²) < 4.78 is 8.09. The number of rotatable bonds is 6. The lowest BCUT2D eigenvalue weighted by atomic mass is 10.1. The first kappa shape index (κ1) is 14.1. The highest BCUT2D eigenvalue weighted by atomic mass is 16.5. The van der Waals surface area contributed by atoms with Gasteiger partial charge in [0.05, 0.1) is 13.7 Å². The summed E-state index contributed by atoms with van der Waals surface area (Å²) in [5.74, 6) is 0.608. The Hall–Kier alpha value is -2.30. The monoisotopic (exact) mass is 274 g/mol. The molecule has 5 nitrogen and oxygen atoms in total. The van der Waals surface area contributed by atoms with Gasteiger partial charge >= 0.3 is 5.69 Å². The topological polar surface area (TPSA) is 53.2 Å². The largest absolute Gasteiger partial charge is 0.497 e. The number of carbonyl (C=O) groups excluding carboxylic acids is 1. The maximum absolute atomic E-state index is 12.1. The summed E-state index contributed by atoms with van der Waals surface area (Å²) in [6.45, 7) is 2.73. The summed E-state index contributed by atoms with van der Waals surface area (Å²) in [5, 5.41) is 0. The van der Waals surface area contributed by atoms with Gasteiger partial charge in [0, 0.05) is 24.5 Å². The van der Waals surface area contributed by atoms with Crippen LogP contribution in [0.2, 0.25) is 0 Å². The van der Waals surface area contributed by atoms with E-state index in [4.69, 9.17) is 4.74 Å². The number of imidazole rings is 1. The Labute approximate surface area is 117 Å². The lowest BCUT2D eigenvalue weighted by molar-refractivity contribution is 0.0970. The van der Waals surface area contributed by atoms with Crippen molar-refractivity contribution in [2.45, 2.75) is 26.4 Å². The minimum absolute atomic E-state index is 0.0574. The summed E-state index contributed by atoms with van der Waals surface area (Å²) in [7, 11) is 1.58. The highest BCUT2D eigenvalue weighted by Gasteiger charge is 2.10. The third-order valence-electron chi connectivity index (χ3n) is 3.11. The fourth-order valence-electron chi connectivity index (χ4n) is 2.01. The molecule has 0 aliphatic carbocycles. The van der Waals surface area contributed by atoms with Crippen molar-refractivity contribution in [1.29, 1.82) is 0 Å². The van der Waals surface area contributed by atoms with E-state index in [0.29, 0.717) is 17.9 Å². The lowest BCUT2D eigenvalue weighted by Gasteiger charge is -2.03. The van der Waals surface area contributed by atoms with Crippen LogP contribution in [0.15, 0.2) is 41.5 Å². The van der Waals surface area contributed by atoms with Crippen LogP contribution in [-0.2, 0) is 13.1 Å². The molecule has 5 heteroatoms. The van der Waals surface area contributed by atoms with Crippen molar-refractivity contribution in [2.75, 3.05) is 7.11 Å². The zero-order valence-corrected chi connectivity index (χ0v) is 11.7. The van der Waals surface area contributed by atoms with Crippen LogP contribution < -0.4 is 10.4 Å². The van der Waals surface area contributed by atoms with E-state index >= 15 is 0 Å². The Kier molecular flexibility index (Phi) is 4.40. The Morgan fingerprint density at radius 1 is 1.15 bits per heavy atom. The van der Waals surface area contributed by atoms with E-state index in [1.807, 2.05) is 6.92 Å². The minimum atomic E-state index is -0.145. The average Bonchev–Trinajstić information content (AvgIpc) is 2.81. The molecule has 1 aromatic heterocycles. The molecule has 0 N–H and O–H groups in total. The molecule has 0 aliphatic heterocycles. The highest BCUT2D eigenvalue weighted by Crippen LogP contribution is 2.12. The number of benzene rings is 1. The van der Waals surface area contributed by atoms with Crippen molar-refractivity contribution in [3.8, 4) is 5.75 Å². The number of Topliss-reactive ketones (excluding diaryl/α,β-unsaturated/α-hetero) is 1. The van der Waals surface area contributed by atoms with Gasteiger partial charge in [-0.3, -0.25) is 13.9 Å². The Morgan fingerprint density at radius 3 is 2.40 bits per heavy atom. The summed E-state index contributed by atoms with van der Waals surface area (Å²) in [4.78, 5) is 24.1. The first-order valence-electron chi connectivity index (χ1n) is 6.58. The highest BCUT2D eigenvalue weighted by molar-refractivity contribution is 5.95. The van der Waals surface area contributed by atoms with Crippen LogP contribution in [-0.4, -0.2) is 22.0 Å². The van der Waals surface area contributed by atoms with E-state index in [1.165, 1.54) is 4.57 Å². The molecule has 0 amide bonds. The normalized spacial score (nSPS) is 10.5. The number of hydrogen-bond donors (Lipinski definition) is 0. The average molecular weight is 274 g/mol. The molecule has 106 valence electrons. The number of ether oxygens (including phenoxy) is 1. The fraction of sp³-hybridized carbons (Fsp3) is 0.333. The molecular weight excluding hydrogens is 256 g/mol. The predicted octanol–water partition coefficient (Wildman–Crippen LogP) is 1.95. The summed E-state index contributed by atoms with van der Waals surface area (Å²) >= 11 is 0. The second kappa shape index (κ2) is 6.23. The van der Waals surface area contributed by atoms with Crippen LogP contribution in [0.3, 0.4) is 0 Å². The van der Waals surface area contributed by atoms with Crippen molar-refractivity contribution in [3.05, 3.63) is 52.7 Å². The lowest BCUT2D eigenvalue weighted by Crippen LogP contribution is -2.26. The third-order valence-corrected chi connectivity index (χ3v) is 3.11. The molecular formula is C15H18N2O3. The number of methoxy groups -OCH3 is 1. The van der Waals surface area contributed by atoms with Crippen LogP contribution >= 0.6 is 0 Å². The standard InChI is InChI=1S/C15H18N2O3/c1-3-8-16-9-10-17(15(16)19)11-14(18)12-4-6-13(20-2)7-5-12/h4-7,9-10H,3,8,11H2,1-2H3. The van der Waals surface area contributed by atoms with Gasteiger partial charge in [0.2, 0.25) is 0 Å². The van der Waals surface area contributed by atoms with E-state index in [1.54, 1.807) is 48.3 Å². The number of ketones is 1. The van der Waals surface area contributed by atoms with Gasteiger partial charge in [-0.15, -0.1) is 0 Å². The second-order valence-corrected chi connectivity index (χ2v) is 4.55. The molecule has 1 aromatic carbocycles. The number of aromatic nitrogens is 2. The van der Waals surface area contributed by atoms with Gasteiger partial charge in [0.1, 0.15) is 5.75 Å². The summed E-state index contributed by atoms with van der Waals surface area (Å²) in [6, 6.07) is 6.88. The first-order chi connectivity index (χ1) is 9.65. The first-order valence-corrected chi connectivity index (χ1v) is 6.58. The Balaban J connectivity index is 2.12. The van der Waals surface area contributed by atoms with Gasteiger partial charge in [0.25, 0.3) is 0 Å². The summed E-state index contributed by atoms with van der Waals surface area (Å²) in [6.07, 6.45) is 4.25. The number of nitrogens with zero attached hydrogens (tertiary/aromatic N) is 2. The van der Waals surface area contributed by atoms with Gasteiger partial charge in [-0.05, 0) is 30.7 Å². The Bertz CT molecular complexity index is 638. The molecule has 20 heavy (non-hydrogen) atoms. The van der Waals surface area contributed by atoms with Gasteiger partial charge in [-0.1, -0.05) is 6.92 Å². The van der Waals surface area contributed by atoms with Crippen molar-refractivity contribution in [2.24, 2.45) is 0 Å². The zero-order chi connectivity index (χ0) is 14.5. The maximum atomic E-state index is 12.1. The fourth-order valence-corrected chi connectivity index (χ4v) is 2.01. The van der Waals surface area contributed by atoms with E-state index in [2.05, 4.69) is 0 Å². The molecule has 0 saturated carbocycles. The molecule has 2 aromatic rings. The van der Waals surface area contributed by atoms with Crippen molar-refractivity contribution < 1.29 is 9.53 Å². The van der Waals surface area contributed by atoms with E-state index in [9.17, 15) is 9.59 Å².